The molecule has 0 bridgehead atoms. The number of aliphatic hydroxyl groups is 1. The SMILES string of the molecule is Cc1ccc(C)c(C(C)C(O)(C(=O)O)C(C)C)c1. The van der Waals surface area contributed by atoms with Gasteiger partial charge in [-0.3, -0.25) is 0 Å². The summed E-state index contributed by atoms with van der Waals surface area (Å²) in [5.74, 6) is -1.97. The van der Waals surface area contributed by atoms with Crippen molar-refractivity contribution in [2.24, 2.45) is 5.92 Å². The fourth-order valence-electron chi connectivity index (χ4n) is 2.40. The van der Waals surface area contributed by atoms with E-state index in [4.69, 9.17) is 0 Å². The second-order valence-corrected chi connectivity index (χ2v) is 5.37. The van der Waals surface area contributed by atoms with E-state index in [9.17, 15) is 15.0 Å². The Kier molecular flexibility index (Phi) is 4.17. The topological polar surface area (TPSA) is 57.5 Å². The molecule has 0 aliphatic carbocycles. The van der Waals surface area contributed by atoms with E-state index in [0.717, 1.165) is 16.7 Å². The molecule has 0 radical (unpaired) electrons. The van der Waals surface area contributed by atoms with Gasteiger partial charge in [0.1, 0.15) is 0 Å². The fraction of sp³-hybridized carbons (Fsp3) is 0.533. The Morgan fingerprint density at radius 2 is 1.78 bits per heavy atom. The molecule has 1 aromatic carbocycles. The van der Waals surface area contributed by atoms with Crippen LogP contribution in [0.2, 0.25) is 0 Å². The summed E-state index contributed by atoms with van der Waals surface area (Å²) in [5, 5.41) is 19.8. The highest BCUT2D eigenvalue weighted by atomic mass is 16.4. The molecule has 0 saturated heterocycles. The van der Waals surface area contributed by atoms with Crippen LogP contribution in [0.5, 0.6) is 0 Å². The molecule has 100 valence electrons. The molecule has 2 N–H and O–H groups in total. The molecule has 0 aliphatic rings. The van der Waals surface area contributed by atoms with E-state index in [-0.39, 0.29) is 5.92 Å². The van der Waals surface area contributed by atoms with Gasteiger partial charge < -0.3 is 10.2 Å². The average molecular weight is 250 g/mol. The number of hydrogen-bond acceptors (Lipinski definition) is 2. The summed E-state index contributed by atoms with van der Waals surface area (Å²) in [6, 6.07) is 5.90. The molecule has 0 heterocycles. The number of hydrogen-bond donors (Lipinski definition) is 2. The Bertz CT molecular complexity index is 451. The highest BCUT2D eigenvalue weighted by Crippen LogP contribution is 2.36. The van der Waals surface area contributed by atoms with Crippen LogP contribution in [0.25, 0.3) is 0 Å². The van der Waals surface area contributed by atoms with Crippen LogP contribution in [-0.4, -0.2) is 21.8 Å². The average Bonchev–Trinajstić information content (AvgIpc) is 2.29. The molecule has 0 aromatic heterocycles. The molecule has 2 unspecified atom stereocenters. The normalized spacial score (nSPS) is 16.4. The molecule has 0 saturated carbocycles. The van der Waals surface area contributed by atoms with Crippen molar-refractivity contribution < 1.29 is 15.0 Å². The van der Waals surface area contributed by atoms with Crippen LogP contribution in [0.4, 0.5) is 0 Å². The van der Waals surface area contributed by atoms with Crippen LogP contribution >= 0.6 is 0 Å². The maximum absolute atomic E-state index is 11.4. The highest BCUT2D eigenvalue weighted by Gasteiger charge is 2.45. The lowest BCUT2D eigenvalue weighted by atomic mass is 9.74. The fourth-order valence-corrected chi connectivity index (χ4v) is 2.40. The maximum atomic E-state index is 11.4. The Morgan fingerprint density at radius 1 is 1.22 bits per heavy atom. The quantitative estimate of drug-likeness (QED) is 0.864. The van der Waals surface area contributed by atoms with Gasteiger partial charge in [0.05, 0.1) is 0 Å². The standard InChI is InChI=1S/C15H22O3/c1-9(2)15(18,14(16)17)12(5)13-8-10(3)6-7-11(13)4/h6-9,12,18H,1-5H3,(H,16,17). The minimum Gasteiger partial charge on any atom is -0.479 e. The zero-order chi connectivity index (χ0) is 14.1. The summed E-state index contributed by atoms with van der Waals surface area (Å²) in [5.41, 5.74) is 1.24. The maximum Gasteiger partial charge on any atom is 0.336 e. The van der Waals surface area contributed by atoms with Gasteiger partial charge in [0.15, 0.2) is 5.60 Å². The van der Waals surface area contributed by atoms with Gasteiger partial charge in [-0.2, -0.15) is 0 Å². The molecule has 2 atom stereocenters. The van der Waals surface area contributed by atoms with E-state index in [1.54, 1.807) is 20.8 Å². The Labute approximate surface area is 108 Å². The Hall–Kier alpha value is -1.35. The molecular weight excluding hydrogens is 228 g/mol. The van der Waals surface area contributed by atoms with Crippen molar-refractivity contribution in [2.75, 3.05) is 0 Å². The lowest BCUT2D eigenvalue weighted by molar-refractivity contribution is -0.166. The molecule has 3 heteroatoms. The van der Waals surface area contributed by atoms with E-state index in [2.05, 4.69) is 0 Å². The van der Waals surface area contributed by atoms with Crippen molar-refractivity contribution in [1.82, 2.24) is 0 Å². The van der Waals surface area contributed by atoms with Crippen LogP contribution < -0.4 is 0 Å². The zero-order valence-corrected chi connectivity index (χ0v) is 11.7. The van der Waals surface area contributed by atoms with E-state index in [0.29, 0.717) is 0 Å². The third kappa shape index (κ3) is 2.41. The van der Waals surface area contributed by atoms with Crippen LogP contribution in [0, 0.1) is 19.8 Å². The van der Waals surface area contributed by atoms with Crippen molar-refractivity contribution in [1.29, 1.82) is 0 Å². The van der Waals surface area contributed by atoms with Crippen molar-refractivity contribution in [3.63, 3.8) is 0 Å². The van der Waals surface area contributed by atoms with E-state index >= 15 is 0 Å². The van der Waals surface area contributed by atoms with Gasteiger partial charge in [0.25, 0.3) is 0 Å². The predicted molar refractivity (Wildman–Crippen MR) is 71.8 cm³/mol. The zero-order valence-electron chi connectivity index (χ0n) is 11.7. The van der Waals surface area contributed by atoms with Gasteiger partial charge >= 0.3 is 5.97 Å². The molecule has 1 rings (SSSR count). The molecule has 1 aromatic rings. The molecule has 18 heavy (non-hydrogen) atoms. The molecule has 0 spiro atoms. The van der Waals surface area contributed by atoms with Gasteiger partial charge in [-0.05, 0) is 30.9 Å². The van der Waals surface area contributed by atoms with Crippen LogP contribution in [0.15, 0.2) is 18.2 Å². The van der Waals surface area contributed by atoms with Crippen LogP contribution in [0.1, 0.15) is 43.4 Å². The summed E-state index contributed by atoms with van der Waals surface area (Å²) in [6.45, 7) is 9.14. The Balaban J connectivity index is 3.30. The number of rotatable bonds is 4. The van der Waals surface area contributed by atoms with Crippen molar-refractivity contribution in [2.45, 2.75) is 46.1 Å². The van der Waals surface area contributed by atoms with Gasteiger partial charge in [-0.15, -0.1) is 0 Å². The summed E-state index contributed by atoms with van der Waals surface area (Å²) in [6.07, 6.45) is 0. The number of aryl methyl sites for hydroxylation is 2. The second-order valence-electron chi connectivity index (χ2n) is 5.37. The number of carboxylic acid groups (broad SMARTS) is 1. The van der Waals surface area contributed by atoms with Gasteiger partial charge in [0, 0.05) is 5.92 Å². The molecule has 0 aliphatic heterocycles. The number of carbonyl (C=O) groups is 1. The lowest BCUT2D eigenvalue weighted by Crippen LogP contribution is -2.48. The molecule has 0 amide bonds. The lowest BCUT2D eigenvalue weighted by Gasteiger charge is -2.34. The summed E-state index contributed by atoms with van der Waals surface area (Å²) in [7, 11) is 0. The van der Waals surface area contributed by atoms with Gasteiger partial charge in [-0.1, -0.05) is 44.5 Å². The predicted octanol–water partition coefficient (Wildman–Crippen LogP) is 2.88. The third-order valence-electron chi connectivity index (χ3n) is 3.78. The second kappa shape index (κ2) is 5.11. The highest BCUT2D eigenvalue weighted by molar-refractivity contribution is 5.79. The first kappa shape index (κ1) is 14.7. The van der Waals surface area contributed by atoms with Gasteiger partial charge in [-0.25, -0.2) is 4.79 Å². The van der Waals surface area contributed by atoms with Crippen molar-refractivity contribution in [3.05, 3.63) is 34.9 Å². The first-order valence-electron chi connectivity index (χ1n) is 6.24. The number of benzene rings is 1. The Morgan fingerprint density at radius 3 is 2.22 bits per heavy atom. The van der Waals surface area contributed by atoms with E-state index in [1.807, 2.05) is 32.0 Å². The third-order valence-corrected chi connectivity index (χ3v) is 3.78. The largest absolute Gasteiger partial charge is 0.479 e. The summed E-state index contributed by atoms with van der Waals surface area (Å²) in [4.78, 5) is 11.4. The van der Waals surface area contributed by atoms with E-state index < -0.39 is 17.5 Å². The van der Waals surface area contributed by atoms with Gasteiger partial charge in [0.2, 0.25) is 0 Å². The van der Waals surface area contributed by atoms with Crippen LogP contribution in [0.3, 0.4) is 0 Å². The summed E-state index contributed by atoms with van der Waals surface area (Å²) < 4.78 is 0. The smallest absolute Gasteiger partial charge is 0.336 e. The first-order valence-corrected chi connectivity index (χ1v) is 6.24. The van der Waals surface area contributed by atoms with E-state index in [1.165, 1.54) is 0 Å². The molecular formula is C15H22O3. The van der Waals surface area contributed by atoms with Crippen LogP contribution in [-0.2, 0) is 4.79 Å². The first-order chi connectivity index (χ1) is 8.21. The minimum absolute atomic E-state index is 0.357. The summed E-state index contributed by atoms with van der Waals surface area (Å²) >= 11 is 0. The number of aliphatic carboxylic acids is 1. The van der Waals surface area contributed by atoms with Crippen molar-refractivity contribution >= 4 is 5.97 Å². The molecule has 0 fully saturated rings. The monoisotopic (exact) mass is 250 g/mol. The van der Waals surface area contributed by atoms with Crippen molar-refractivity contribution in [3.8, 4) is 0 Å². The number of carboxylic acids is 1. The minimum atomic E-state index is -1.74. The molecule has 3 nitrogen and oxygen atoms in total.